The standard InChI is InChI=1S/C12H22N2OS/c1-4-9-5-7-14(8-6-9)11(15)12(2,3)10(13)16/h9H,4-8H2,1-3H3,(H2,13,16). The number of nitrogens with zero attached hydrogens (tertiary/aromatic N) is 1. The largest absolute Gasteiger partial charge is 0.392 e. The zero-order chi connectivity index (χ0) is 12.3. The lowest BCUT2D eigenvalue weighted by atomic mass is 9.88. The summed E-state index contributed by atoms with van der Waals surface area (Å²) < 4.78 is 0. The van der Waals surface area contributed by atoms with E-state index >= 15 is 0 Å². The molecule has 3 nitrogen and oxygen atoms in total. The van der Waals surface area contributed by atoms with E-state index in [9.17, 15) is 4.79 Å². The van der Waals surface area contributed by atoms with Crippen molar-refractivity contribution in [3.05, 3.63) is 0 Å². The molecular weight excluding hydrogens is 220 g/mol. The molecule has 1 rings (SSSR count). The van der Waals surface area contributed by atoms with Gasteiger partial charge in [-0.05, 0) is 32.6 Å². The molecule has 2 N–H and O–H groups in total. The van der Waals surface area contributed by atoms with E-state index in [-0.39, 0.29) is 10.9 Å². The molecule has 0 aromatic heterocycles. The average molecular weight is 242 g/mol. The second kappa shape index (κ2) is 5.13. The summed E-state index contributed by atoms with van der Waals surface area (Å²) in [5, 5.41) is 0. The molecule has 0 aromatic rings. The number of hydrogen-bond donors (Lipinski definition) is 1. The fourth-order valence-corrected chi connectivity index (χ4v) is 2.13. The first-order valence-electron chi connectivity index (χ1n) is 5.98. The molecule has 1 saturated heterocycles. The summed E-state index contributed by atoms with van der Waals surface area (Å²) in [6, 6.07) is 0. The number of hydrogen-bond acceptors (Lipinski definition) is 2. The monoisotopic (exact) mass is 242 g/mol. The third-order valence-electron chi connectivity index (χ3n) is 3.63. The Labute approximate surface area is 103 Å². The molecule has 0 atom stereocenters. The second-order valence-corrected chi connectivity index (χ2v) is 5.57. The molecule has 92 valence electrons. The van der Waals surface area contributed by atoms with Crippen molar-refractivity contribution in [3.63, 3.8) is 0 Å². The van der Waals surface area contributed by atoms with E-state index in [0.717, 1.165) is 31.8 Å². The lowest BCUT2D eigenvalue weighted by Crippen LogP contribution is -2.49. The Bertz CT molecular complexity index is 281. The van der Waals surface area contributed by atoms with E-state index in [0.29, 0.717) is 0 Å². The van der Waals surface area contributed by atoms with Crippen molar-refractivity contribution in [1.29, 1.82) is 0 Å². The summed E-state index contributed by atoms with van der Waals surface area (Å²) in [5.74, 6) is 0.853. The lowest BCUT2D eigenvalue weighted by molar-refractivity contribution is -0.138. The van der Waals surface area contributed by atoms with Gasteiger partial charge in [-0.3, -0.25) is 4.79 Å². The molecular formula is C12H22N2OS. The van der Waals surface area contributed by atoms with Gasteiger partial charge in [-0.15, -0.1) is 0 Å². The van der Waals surface area contributed by atoms with Crippen LogP contribution >= 0.6 is 12.2 Å². The highest BCUT2D eigenvalue weighted by Crippen LogP contribution is 2.25. The summed E-state index contributed by atoms with van der Waals surface area (Å²) >= 11 is 4.95. The molecule has 1 fully saturated rings. The van der Waals surface area contributed by atoms with Crippen LogP contribution in [0.1, 0.15) is 40.0 Å². The zero-order valence-corrected chi connectivity index (χ0v) is 11.3. The number of amides is 1. The smallest absolute Gasteiger partial charge is 0.235 e. The summed E-state index contributed by atoms with van der Waals surface area (Å²) in [6.45, 7) is 7.53. The van der Waals surface area contributed by atoms with Gasteiger partial charge in [-0.25, -0.2) is 0 Å². The predicted octanol–water partition coefficient (Wildman–Crippen LogP) is 1.95. The van der Waals surface area contributed by atoms with Crippen molar-refractivity contribution >= 4 is 23.1 Å². The molecule has 0 saturated carbocycles. The first-order chi connectivity index (χ1) is 7.39. The summed E-state index contributed by atoms with van der Waals surface area (Å²) in [4.78, 5) is 14.4. The fraction of sp³-hybridized carbons (Fsp3) is 0.833. The molecule has 1 amide bonds. The molecule has 1 aliphatic heterocycles. The number of carbonyl (C=O) groups excluding carboxylic acids is 1. The van der Waals surface area contributed by atoms with Crippen LogP contribution in [-0.2, 0) is 4.79 Å². The number of thiocarbonyl (C=S) groups is 1. The summed E-state index contributed by atoms with van der Waals surface area (Å²) in [7, 11) is 0. The van der Waals surface area contributed by atoms with Gasteiger partial charge >= 0.3 is 0 Å². The van der Waals surface area contributed by atoms with Gasteiger partial charge in [0.05, 0.1) is 10.4 Å². The van der Waals surface area contributed by atoms with Gasteiger partial charge in [0.15, 0.2) is 0 Å². The minimum absolute atomic E-state index is 0.0783. The number of likely N-dealkylation sites (tertiary alicyclic amines) is 1. The summed E-state index contributed by atoms with van der Waals surface area (Å²) in [6.07, 6.45) is 3.42. The Kier molecular flexibility index (Phi) is 4.30. The van der Waals surface area contributed by atoms with Crippen LogP contribution in [0.15, 0.2) is 0 Å². The number of rotatable bonds is 3. The maximum absolute atomic E-state index is 12.2. The van der Waals surface area contributed by atoms with Crippen molar-refractivity contribution < 1.29 is 4.79 Å². The van der Waals surface area contributed by atoms with Crippen LogP contribution in [0.3, 0.4) is 0 Å². The number of piperidine rings is 1. The van der Waals surface area contributed by atoms with Crippen molar-refractivity contribution in [2.45, 2.75) is 40.0 Å². The quantitative estimate of drug-likeness (QED) is 0.769. The Morgan fingerprint density at radius 1 is 1.44 bits per heavy atom. The van der Waals surface area contributed by atoms with E-state index in [4.69, 9.17) is 18.0 Å². The maximum atomic E-state index is 12.2. The minimum Gasteiger partial charge on any atom is -0.392 e. The lowest BCUT2D eigenvalue weighted by Gasteiger charge is -2.36. The van der Waals surface area contributed by atoms with Crippen LogP contribution in [0.4, 0.5) is 0 Å². The number of carbonyl (C=O) groups is 1. The number of nitrogens with two attached hydrogens (primary N) is 1. The van der Waals surface area contributed by atoms with Gasteiger partial charge in [-0.2, -0.15) is 0 Å². The highest BCUT2D eigenvalue weighted by Gasteiger charge is 2.36. The molecule has 0 aliphatic carbocycles. The SMILES string of the molecule is CCC1CCN(C(=O)C(C)(C)C(N)=S)CC1. The van der Waals surface area contributed by atoms with Crippen LogP contribution in [-0.4, -0.2) is 28.9 Å². The molecule has 0 spiro atoms. The molecule has 0 bridgehead atoms. The highest BCUT2D eigenvalue weighted by atomic mass is 32.1. The van der Waals surface area contributed by atoms with Crippen LogP contribution in [0.5, 0.6) is 0 Å². The van der Waals surface area contributed by atoms with E-state index in [2.05, 4.69) is 6.92 Å². The van der Waals surface area contributed by atoms with Crippen molar-refractivity contribution in [2.75, 3.05) is 13.1 Å². The third kappa shape index (κ3) is 2.73. The van der Waals surface area contributed by atoms with Gasteiger partial charge in [0, 0.05) is 13.1 Å². The Morgan fingerprint density at radius 3 is 2.31 bits per heavy atom. The van der Waals surface area contributed by atoms with Gasteiger partial charge in [0.1, 0.15) is 0 Å². The van der Waals surface area contributed by atoms with Gasteiger partial charge in [0.2, 0.25) is 5.91 Å². The molecule has 0 radical (unpaired) electrons. The van der Waals surface area contributed by atoms with Crippen LogP contribution in [0.25, 0.3) is 0 Å². The summed E-state index contributed by atoms with van der Waals surface area (Å²) in [5.41, 5.74) is 4.92. The van der Waals surface area contributed by atoms with E-state index in [1.54, 1.807) is 0 Å². The first-order valence-corrected chi connectivity index (χ1v) is 6.39. The van der Waals surface area contributed by atoms with Crippen LogP contribution in [0.2, 0.25) is 0 Å². The normalized spacial score (nSPS) is 18.6. The van der Waals surface area contributed by atoms with Crippen molar-refractivity contribution in [1.82, 2.24) is 4.90 Å². The Balaban J connectivity index is 2.60. The van der Waals surface area contributed by atoms with Gasteiger partial charge < -0.3 is 10.6 Å². The third-order valence-corrected chi connectivity index (χ3v) is 4.14. The predicted molar refractivity (Wildman–Crippen MR) is 70.2 cm³/mol. The Hall–Kier alpha value is -0.640. The fourth-order valence-electron chi connectivity index (χ4n) is 2.04. The topological polar surface area (TPSA) is 46.3 Å². The first kappa shape index (κ1) is 13.4. The van der Waals surface area contributed by atoms with Crippen molar-refractivity contribution in [2.24, 2.45) is 17.1 Å². The Morgan fingerprint density at radius 2 is 1.94 bits per heavy atom. The van der Waals surface area contributed by atoms with Crippen LogP contribution in [0, 0.1) is 11.3 Å². The van der Waals surface area contributed by atoms with Crippen LogP contribution < -0.4 is 5.73 Å². The average Bonchev–Trinajstić information content (AvgIpc) is 2.28. The molecule has 1 heterocycles. The molecule has 16 heavy (non-hydrogen) atoms. The molecule has 1 aliphatic rings. The van der Waals surface area contributed by atoms with E-state index in [1.165, 1.54) is 6.42 Å². The maximum Gasteiger partial charge on any atom is 0.235 e. The molecule has 0 unspecified atom stereocenters. The van der Waals surface area contributed by atoms with E-state index in [1.807, 2.05) is 18.7 Å². The zero-order valence-electron chi connectivity index (χ0n) is 10.5. The molecule has 0 aromatic carbocycles. The minimum atomic E-state index is -0.700. The molecule has 4 heteroatoms. The highest BCUT2D eigenvalue weighted by molar-refractivity contribution is 7.80. The van der Waals surface area contributed by atoms with Gasteiger partial charge in [-0.1, -0.05) is 25.6 Å². The van der Waals surface area contributed by atoms with E-state index < -0.39 is 5.41 Å². The van der Waals surface area contributed by atoms with Gasteiger partial charge in [0.25, 0.3) is 0 Å². The second-order valence-electron chi connectivity index (χ2n) is 5.13. The van der Waals surface area contributed by atoms with Crippen molar-refractivity contribution in [3.8, 4) is 0 Å².